The monoisotopic (exact) mass is 292 g/mol. The van der Waals surface area contributed by atoms with Crippen LogP contribution < -0.4 is 4.74 Å². The van der Waals surface area contributed by atoms with Crippen molar-refractivity contribution in [1.82, 2.24) is 0 Å². The van der Waals surface area contributed by atoms with Crippen LogP contribution in [-0.2, 0) is 0 Å². The number of ketones is 1. The first kappa shape index (κ1) is 13.1. The van der Waals surface area contributed by atoms with Crippen LogP contribution in [0.3, 0.4) is 0 Å². The number of hydrogen-bond donors (Lipinski definition) is 0. The lowest BCUT2D eigenvalue weighted by atomic mass is 10.1. The number of halogens is 3. The summed E-state index contributed by atoms with van der Waals surface area (Å²) in [5.41, 5.74) is 0.0855. The van der Waals surface area contributed by atoms with E-state index in [-0.39, 0.29) is 23.5 Å². The van der Waals surface area contributed by atoms with Gasteiger partial charge in [0, 0.05) is 17.8 Å². The molecule has 0 unspecified atom stereocenters. The summed E-state index contributed by atoms with van der Waals surface area (Å²) in [5.74, 6) is -2.24. The summed E-state index contributed by atoms with van der Waals surface area (Å²) >= 11 is 3.19. The van der Waals surface area contributed by atoms with Crippen LogP contribution in [0.4, 0.5) is 8.78 Å². The van der Waals surface area contributed by atoms with Crippen molar-refractivity contribution in [2.45, 2.75) is 12.8 Å². The third-order valence-corrected chi connectivity index (χ3v) is 2.64. The molecule has 1 aromatic rings. The molecule has 0 heterocycles. The molecule has 1 aromatic carbocycles. The molecule has 0 amide bonds. The average Bonchev–Trinajstić information content (AvgIpc) is 2.28. The number of hydrogen-bond acceptors (Lipinski definition) is 2. The Kier molecular flexibility index (Phi) is 4.86. The van der Waals surface area contributed by atoms with Gasteiger partial charge in [0.15, 0.2) is 17.4 Å². The highest BCUT2D eigenvalue weighted by Crippen LogP contribution is 2.23. The van der Waals surface area contributed by atoms with Gasteiger partial charge in [-0.2, -0.15) is 0 Å². The van der Waals surface area contributed by atoms with Crippen molar-refractivity contribution in [1.29, 1.82) is 0 Å². The lowest BCUT2D eigenvalue weighted by molar-refractivity contribution is 0.0978. The molecule has 5 heteroatoms. The topological polar surface area (TPSA) is 26.3 Å². The molecule has 0 aromatic heterocycles. The number of methoxy groups -OCH3 is 1. The molecule has 0 aliphatic heterocycles. The second-order valence-electron chi connectivity index (χ2n) is 3.18. The quantitative estimate of drug-likeness (QED) is 0.615. The van der Waals surface area contributed by atoms with Gasteiger partial charge in [-0.1, -0.05) is 15.9 Å². The minimum atomic E-state index is -1.04. The van der Waals surface area contributed by atoms with Crippen LogP contribution >= 0.6 is 15.9 Å². The maximum Gasteiger partial charge on any atom is 0.166 e. The number of rotatable bonds is 5. The zero-order chi connectivity index (χ0) is 12.1. The first-order valence-corrected chi connectivity index (χ1v) is 5.84. The van der Waals surface area contributed by atoms with E-state index in [0.717, 1.165) is 12.1 Å². The highest BCUT2D eigenvalue weighted by Gasteiger charge is 2.16. The van der Waals surface area contributed by atoms with Crippen LogP contribution in [0.2, 0.25) is 0 Å². The van der Waals surface area contributed by atoms with Gasteiger partial charge in [0.2, 0.25) is 0 Å². The minimum absolute atomic E-state index is 0.0680. The Morgan fingerprint density at radius 2 is 2.00 bits per heavy atom. The summed E-state index contributed by atoms with van der Waals surface area (Å²) in [6.45, 7) is 0. The van der Waals surface area contributed by atoms with E-state index in [1.54, 1.807) is 0 Å². The average molecular weight is 293 g/mol. The maximum absolute atomic E-state index is 13.0. The molecule has 0 radical (unpaired) electrons. The third kappa shape index (κ3) is 3.01. The molecule has 2 nitrogen and oxygen atoms in total. The first-order valence-electron chi connectivity index (χ1n) is 4.72. The van der Waals surface area contributed by atoms with Gasteiger partial charge in [0.25, 0.3) is 0 Å². The van der Waals surface area contributed by atoms with Crippen LogP contribution in [0.15, 0.2) is 12.1 Å². The molecule has 0 bridgehead atoms. The van der Waals surface area contributed by atoms with E-state index in [1.165, 1.54) is 7.11 Å². The smallest absolute Gasteiger partial charge is 0.166 e. The molecule has 0 atom stereocenters. The normalized spacial score (nSPS) is 10.2. The van der Waals surface area contributed by atoms with Gasteiger partial charge in [0.05, 0.1) is 12.7 Å². The number of Topliss-reactive ketones (excluding diaryl/α,β-unsaturated/α-hetero) is 1. The lowest BCUT2D eigenvalue weighted by Crippen LogP contribution is -2.04. The second kappa shape index (κ2) is 5.94. The summed E-state index contributed by atoms with van der Waals surface area (Å²) in [6, 6.07) is 1.77. The van der Waals surface area contributed by atoms with E-state index in [1.807, 2.05) is 0 Å². The third-order valence-electron chi connectivity index (χ3n) is 2.08. The van der Waals surface area contributed by atoms with Crippen LogP contribution in [0.5, 0.6) is 5.75 Å². The van der Waals surface area contributed by atoms with Gasteiger partial charge >= 0.3 is 0 Å². The highest BCUT2D eigenvalue weighted by atomic mass is 79.9. The van der Waals surface area contributed by atoms with E-state index >= 15 is 0 Å². The predicted molar refractivity (Wildman–Crippen MR) is 60.3 cm³/mol. The molecule has 0 aliphatic rings. The van der Waals surface area contributed by atoms with Gasteiger partial charge in [-0.05, 0) is 12.5 Å². The molecule has 16 heavy (non-hydrogen) atoms. The summed E-state index contributed by atoms with van der Waals surface area (Å²) < 4.78 is 30.7. The molecular formula is C11H11BrF2O2. The Hall–Kier alpha value is -0.970. The Labute approximate surface area is 101 Å². The van der Waals surface area contributed by atoms with Gasteiger partial charge in [0.1, 0.15) is 5.75 Å². The van der Waals surface area contributed by atoms with Crippen molar-refractivity contribution in [3.8, 4) is 5.75 Å². The zero-order valence-corrected chi connectivity index (χ0v) is 10.3. The van der Waals surface area contributed by atoms with Crippen molar-refractivity contribution >= 4 is 21.7 Å². The summed E-state index contributed by atoms with van der Waals surface area (Å²) in [7, 11) is 1.31. The van der Waals surface area contributed by atoms with Gasteiger partial charge in [-0.25, -0.2) is 8.78 Å². The fourth-order valence-electron chi connectivity index (χ4n) is 1.28. The summed E-state index contributed by atoms with van der Waals surface area (Å²) in [5, 5.41) is 0.685. The summed E-state index contributed by atoms with van der Waals surface area (Å²) in [4.78, 5) is 11.7. The molecule has 0 fully saturated rings. The minimum Gasteiger partial charge on any atom is -0.496 e. The number of benzene rings is 1. The van der Waals surface area contributed by atoms with Gasteiger partial charge in [-0.15, -0.1) is 0 Å². The largest absolute Gasteiger partial charge is 0.496 e. The molecule has 0 aliphatic carbocycles. The molecule has 1 rings (SSSR count). The van der Waals surface area contributed by atoms with E-state index in [9.17, 15) is 13.6 Å². The molecule has 0 spiro atoms. The van der Waals surface area contributed by atoms with E-state index in [4.69, 9.17) is 4.74 Å². The van der Waals surface area contributed by atoms with Crippen LogP contribution in [0.25, 0.3) is 0 Å². The SMILES string of the molecule is COc1cc(F)c(F)cc1C(=O)CCCBr. The Morgan fingerprint density at radius 3 is 2.56 bits per heavy atom. The van der Waals surface area contributed by atoms with Crippen molar-refractivity contribution in [2.75, 3.05) is 12.4 Å². The van der Waals surface area contributed by atoms with Crippen LogP contribution in [-0.4, -0.2) is 18.2 Å². The molecule has 0 N–H and O–H groups in total. The lowest BCUT2D eigenvalue weighted by Gasteiger charge is -2.07. The van der Waals surface area contributed by atoms with Crippen LogP contribution in [0.1, 0.15) is 23.2 Å². The Bertz CT molecular complexity index is 394. The van der Waals surface area contributed by atoms with E-state index in [2.05, 4.69) is 15.9 Å². The van der Waals surface area contributed by atoms with E-state index in [0.29, 0.717) is 11.8 Å². The highest BCUT2D eigenvalue weighted by molar-refractivity contribution is 9.09. The predicted octanol–water partition coefficient (Wildman–Crippen LogP) is 3.33. The summed E-state index contributed by atoms with van der Waals surface area (Å²) in [6.07, 6.45) is 0.910. The number of alkyl halides is 1. The first-order chi connectivity index (χ1) is 7.60. The fourth-order valence-corrected chi connectivity index (χ4v) is 1.56. The van der Waals surface area contributed by atoms with E-state index < -0.39 is 11.6 Å². The van der Waals surface area contributed by atoms with Gasteiger partial charge < -0.3 is 4.74 Å². The number of carbonyl (C=O) groups excluding carboxylic acids is 1. The molecular weight excluding hydrogens is 282 g/mol. The molecule has 88 valence electrons. The maximum atomic E-state index is 13.0. The Morgan fingerprint density at radius 1 is 1.38 bits per heavy atom. The fraction of sp³-hybridized carbons (Fsp3) is 0.364. The number of ether oxygens (including phenoxy) is 1. The second-order valence-corrected chi connectivity index (χ2v) is 3.98. The number of carbonyl (C=O) groups is 1. The Balaban J connectivity index is 3.02. The zero-order valence-electron chi connectivity index (χ0n) is 8.73. The van der Waals surface area contributed by atoms with Crippen molar-refractivity contribution in [3.63, 3.8) is 0 Å². The van der Waals surface area contributed by atoms with Crippen molar-refractivity contribution in [3.05, 3.63) is 29.3 Å². The van der Waals surface area contributed by atoms with Crippen molar-refractivity contribution in [2.24, 2.45) is 0 Å². The van der Waals surface area contributed by atoms with Crippen molar-refractivity contribution < 1.29 is 18.3 Å². The molecule has 0 saturated heterocycles. The van der Waals surface area contributed by atoms with Crippen LogP contribution in [0, 0.1) is 11.6 Å². The standard InChI is InChI=1S/C11H11BrF2O2/c1-16-11-6-9(14)8(13)5-7(11)10(15)3-2-4-12/h5-6H,2-4H2,1H3. The van der Waals surface area contributed by atoms with Gasteiger partial charge in [-0.3, -0.25) is 4.79 Å². The molecule has 0 saturated carbocycles.